The third-order valence-electron chi connectivity index (χ3n) is 9.20. The minimum absolute atomic E-state index is 0.00144. The Bertz CT molecular complexity index is 2170. The fourth-order valence-corrected chi connectivity index (χ4v) is 7.63. The van der Waals surface area contributed by atoms with Gasteiger partial charge in [0.25, 0.3) is 0 Å². The van der Waals surface area contributed by atoms with Crippen molar-refractivity contribution in [3.05, 3.63) is 81.9 Å². The molecule has 0 bridgehead atoms. The van der Waals surface area contributed by atoms with Gasteiger partial charge in [-0.1, -0.05) is 36.4 Å². The van der Waals surface area contributed by atoms with Crippen molar-refractivity contribution in [2.45, 2.75) is 75.6 Å². The van der Waals surface area contributed by atoms with Gasteiger partial charge in [0.1, 0.15) is 23.0 Å². The molecule has 0 unspecified atom stereocenters. The van der Waals surface area contributed by atoms with Gasteiger partial charge < -0.3 is 39.8 Å². The zero-order valence-electron chi connectivity index (χ0n) is 33.4. The molecule has 0 atom stereocenters. The Labute approximate surface area is 338 Å². The second-order valence-electron chi connectivity index (χ2n) is 13.6. The van der Waals surface area contributed by atoms with Gasteiger partial charge in [-0.25, -0.2) is 16.8 Å². The minimum Gasteiger partial charge on any atom is -0.481 e. The maximum atomic E-state index is 12.9. The highest BCUT2D eigenvalue weighted by Gasteiger charge is 2.24. The largest absolute Gasteiger partial charge is 0.481 e. The van der Waals surface area contributed by atoms with Crippen LogP contribution in [0.1, 0.15) is 59.1 Å². The van der Waals surface area contributed by atoms with Crippen molar-refractivity contribution in [1.29, 1.82) is 0 Å². The molecule has 0 saturated heterocycles. The van der Waals surface area contributed by atoms with Gasteiger partial charge in [0.2, 0.25) is 23.5 Å². The smallest absolute Gasteiger partial charge is 0.303 e. The van der Waals surface area contributed by atoms with E-state index in [2.05, 4.69) is 20.6 Å². The maximum Gasteiger partial charge on any atom is 0.303 e. The van der Waals surface area contributed by atoms with Crippen molar-refractivity contribution in [3.63, 3.8) is 0 Å². The highest BCUT2D eigenvalue weighted by atomic mass is 32.2. The highest BCUT2D eigenvalue weighted by Crippen LogP contribution is 2.34. The summed E-state index contributed by atoms with van der Waals surface area (Å²) < 4.78 is 74.5. The quantitative estimate of drug-likeness (QED) is 0.0745. The highest BCUT2D eigenvalue weighted by molar-refractivity contribution is 7.91. The minimum atomic E-state index is -3.78. The van der Waals surface area contributed by atoms with Crippen LogP contribution >= 0.6 is 0 Å². The van der Waals surface area contributed by atoms with Gasteiger partial charge in [-0.15, -0.1) is 0 Å². The Kier molecular flexibility index (Phi) is 16.0. The molecule has 0 aliphatic carbocycles. The molecule has 0 saturated carbocycles. The van der Waals surface area contributed by atoms with Crippen LogP contribution in [0.25, 0.3) is 11.1 Å². The van der Waals surface area contributed by atoms with E-state index in [1.807, 2.05) is 50.2 Å². The summed E-state index contributed by atoms with van der Waals surface area (Å²) in [4.78, 5) is 30.2. The van der Waals surface area contributed by atoms with Gasteiger partial charge in [-0.05, 0) is 85.3 Å². The van der Waals surface area contributed by atoms with Crippen molar-refractivity contribution in [2.75, 3.05) is 39.8 Å². The van der Waals surface area contributed by atoms with Crippen LogP contribution in [0.5, 0.6) is 23.5 Å². The van der Waals surface area contributed by atoms with Crippen LogP contribution in [0, 0.1) is 13.8 Å². The first kappa shape index (κ1) is 45.4. The zero-order chi connectivity index (χ0) is 42.6. The van der Waals surface area contributed by atoms with Gasteiger partial charge in [-0.2, -0.15) is 9.97 Å². The summed E-state index contributed by atoms with van der Waals surface area (Å²) in [7, 11) is -4.73. The number of sulfone groups is 2. The SMILES string of the molecule is COc1nc(OCc2cccc(-c3cccc(COc4nc(OC)c(CNCCCC(=O)O)cc4S(C)(=O)=O)c3C)c2C)c(S(C)(=O)=O)cc1CNCCCC(=O)O. The van der Waals surface area contributed by atoms with E-state index in [0.29, 0.717) is 37.1 Å². The van der Waals surface area contributed by atoms with E-state index in [1.54, 1.807) is 0 Å². The first-order chi connectivity index (χ1) is 27.4. The second kappa shape index (κ2) is 20.4. The van der Waals surface area contributed by atoms with Crippen molar-refractivity contribution >= 4 is 31.6 Å². The number of nitrogens with zero attached hydrogens (tertiary/aromatic N) is 2. The van der Waals surface area contributed by atoms with Crippen molar-refractivity contribution in [2.24, 2.45) is 0 Å². The zero-order valence-corrected chi connectivity index (χ0v) is 35.0. The average molecular weight is 843 g/mol. The average Bonchev–Trinajstić information content (AvgIpc) is 3.16. The van der Waals surface area contributed by atoms with Crippen LogP contribution in [0.3, 0.4) is 0 Å². The maximum absolute atomic E-state index is 12.9. The fraction of sp³-hybridized carbons (Fsp3) is 0.400. The molecule has 0 aliphatic heterocycles. The van der Waals surface area contributed by atoms with E-state index in [9.17, 15) is 26.4 Å². The summed E-state index contributed by atoms with van der Waals surface area (Å²) in [6.45, 7) is 5.04. The number of rotatable bonds is 23. The number of aliphatic carboxylic acids is 2. The summed E-state index contributed by atoms with van der Waals surface area (Å²) in [5.74, 6) is -1.70. The van der Waals surface area contributed by atoms with Crippen LogP contribution in [-0.4, -0.2) is 88.8 Å². The Hall–Kier alpha value is -5.30. The number of ether oxygens (including phenoxy) is 4. The summed E-state index contributed by atoms with van der Waals surface area (Å²) >= 11 is 0. The molecule has 0 spiro atoms. The number of aromatic nitrogens is 2. The van der Waals surface area contributed by atoms with Crippen LogP contribution in [-0.2, 0) is 55.6 Å². The van der Waals surface area contributed by atoms with E-state index in [0.717, 1.165) is 45.9 Å². The van der Waals surface area contributed by atoms with Crippen LogP contribution in [0.2, 0.25) is 0 Å². The normalized spacial score (nSPS) is 11.6. The fourth-order valence-electron chi connectivity index (χ4n) is 6.08. The first-order valence-corrected chi connectivity index (χ1v) is 22.1. The molecule has 18 heteroatoms. The summed E-state index contributed by atoms with van der Waals surface area (Å²) in [6.07, 6.45) is 2.93. The third kappa shape index (κ3) is 12.3. The summed E-state index contributed by atoms with van der Waals surface area (Å²) in [5.41, 5.74) is 6.00. The van der Waals surface area contributed by atoms with Crippen LogP contribution < -0.4 is 29.6 Å². The van der Waals surface area contributed by atoms with Gasteiger partial charge in [-0.3, -0.25) is 9.59 Å². The number of carboxylic acids is 2. The van der Waals surface area contributed by atoms with Crippen molar-refractivity contribution < 1.29 is 55.6 Å². The van der Waals surface area contributed by atoms with E-state index in [-0.39, 0.29) is 72.5 Å². The first-order valence-electron chi connectivity index (χ1n) is 18.3. The number of methoxy groups -OCH3 is 2. The monoisotopic (exact) mass is 842 g/mol. The van der Waals surface area contributed by atoms with Gasteiger partial charge in [0.05, 0.1) is 14.2 Å². The van der Waals surface area contributed by atoms with E-state index < -0.39 is 31.6 Å². The number of carbonyl (C=O) groups is 2. The third-order valence-corrected chi connectivity index (χ3v) is 11.4. The number of carboxylic acid groups (broad SMARTS) is 2. The van der Waals surface area contributed by atoms with Gasteiger partial charge >= 0.3 is 11.9 Å². The number of hydrogen-bond donors (Lipinski definition) is 4. The molecule has 4 aromatic rings. The number of hydrogen-bond acceptors (Lipinski definition) is 14. The van der Waals surface area contributed by atoms with Crippen molar-refractivity contribution in [1.82, 2.24) is 20.6 Å². The molecule has 2 aromatic heterocycles. The van der Waals surface area contributed by atoms with Crippen LogP contribution in [0.15, 0.2) is 58.3 Å². The molecule has 2 heterocycles. The lowest BCUT2D eigenvalue weighted by Crippen LogP contribution is -2.17. The molecule has 0 aliphatic rings. The van der Waals surface area contributed by atoms with E-state index in [4.69, 9.17) is 29.2 Å². The molecular formula is C40H50N4O12S2. The molecule has 4 N–H and O–H groups in total. The lowest BCUT2D eigenvalue weighted by molar-refractivity contribution is -0.138. The van der Waals surface area contributed by atoms with E-state index in [1.165, 1.54) is 26.4 Å². The molecule has 0 radical (unpaired) electrons. The molecule has 2 aromatic carbocycles. The number of pyridine rings is 2. The Morgan fingerprint density at radius 3 is 1.33 bits per heavy atom. The van der Waals surface area contributed by atoms with Gasteiger partial charge in [0, 0.05) is 49.6 Å². The molecule has 16 nitrogen and oxygen atoms in total. The second-order valence-corrected chi connectivity index (χ2v) is 17.5. The molecule has 0 fully saturated rings. The Morgan fingerprint density at radius 1 is 0.621 bits per heavy atom. The summed E-state index contributed by atoms with van der Waals surface area (Å²) in [5, 5.41) is 23.9. The van der Waals surface area contributed by atoms with E-state index >= 15 is 0 Å². The van der Waals surface area contributed by atoms with Crippen LogP contribution in [0.4, 0.5) is 0 Å². The molecular weight excluding hydrogens is 793 g/mol. The standard InChI is InChI=1S/C40H50N4O12S2/c1-25-27(23-55-39-33(57(5,49)50)19-29(37(43-39)53-3)21-41-17-9-15-35(45)46)11-7-13-31(25)32-14-8-12-28(26(32)2)24-56-40-34(58(6,51)52)20-30(38(44-40)54-4)22-42-18-10-16-36(47)48/h7-8,11-14,19-20,41-42H,9-10,15-18,21-24H2,1-6H3,(H,45,46)(H,47,48). The van der Waals surface area contributed by atoms with Crippen molar-refractivity contribution in [3.8, 4) is 34.6 Å². The molecule has 4 rings (SSSR count). The van der Waals surface area contributed by atoms with Gasteiger partial charge in [0.15, 0.2) is 19.7 Å². The predicted molar refractivity (Wildman–Crippen MR) is 215 cm³/mol. The number of nitrogens with one attached hydrogen (secondary N) is 2. The molecule has 0 amide bonds. The topological polar surface area (TPSA) is 230 Å². The predicted octanol–water partition coefficient (Wildman–Crippen LogP) is 4.65. The lowest BCUT2D eigenvalue weighted by atomic mass is 9.92. The molecule has 58 heavy (non-hydrogen) atoms. The Morgan fingerprint density at radius 2 is 1.00 bits per heavy atom. The lowest BCUT2D eigenvalue weighted by Gasteiger charge is -2.18. The summed E-state index contributed by atoms with van der Waals surface area (Å²) in [6, 6.07) is 14.3. The molecule has 314 valence electrons. The Balaban J connectivity index is 1.56. The number of benzene rings is 2.